The molecule has 0 bridgehead atoms. The van der Waals surface area contributed by atoms with Gasteiger partial charge in [-0.3, -0.25) is 4.79 Å². The normalized spacial score (nSPS) is 10.8. The fraction of sp³-hybridized carbons (Fsp3) is 0.263. The van der Waals surface area contributed by atoms with E-state index in [1.54, 1.807) is 12.1 Å². The second kappa shape index (κ2) is 8.30. The number of fused-ring (bicyclic) bond motifs is 1. The third-order valence-corrected chi connectivity index (χ3v) is 3.73. The number of rotatable bonds is 8. The quantitative estimate of drug-likeness (QED) is 0.618. The van der Waals surface area contributed by atoms with E-state index in [4.69, 9.17) is 4.74 Å². The molecule has 0 aliphatic heterocycles. The van der Waals surface area contributed by atoms with Gasteiger partial charge >= 0.3 is 0 Å². The van der Waals surface area contributed by atoms with Gasteiger partial charge in [0.25, 0.3) is 5.91 Å². The summed E-state index contributed by atoms with van der Waals surface area (Å²) in [5.74, 6) is 0.549. The van der Waals surface area contributed by atoms with Crippen molar-refractivity contribution in [3.05, 3.63) is 66.1 Å². The van der Waals surface area contributed by atoms with Crippen LogP contribution in [0.15, 0.2) is 54.9 Å². The van der Waals surface area contributed by atoms with Crippen LogP contribution in [-0.2, 0) is 6.61 Å². The Labute approximate surface area is 146 Å². The summed E-state index contributed by atoms with van der Waals surface area (Å²) < 4.78 is 7.74. The fourth-order valence-corrected chi connectivity index (χ4v) is 2.48. The lowest BCUT2D eigenvalue weighted by molar-refractivity contribution is 0.0953. The maximum absolute atomic E-state index is 12.1. The molecule has 0 spiro atoms. The lowest BCUT2D eigenvalue weighted by Crippen LogP contribution is -2.31. The smallest absolute Gasteiger partial charge is 0.251 e. The number of aromatic nitrogens is 2. The van der Waals surface area contributed by atoms with Crippen molar-refractivity contribution in [3.63, 3.8) is 0 Å². The average molecular weight is 338 g/mol. The number of carbonyl (C=O) groups excluding carboxylic acids is 1. The summed E-state index contributed by atoms with van der Waals surface area (Å²) in [6, 6.07) is 13.0. The molecule has 0 atom stereocenters. The van der Waals surface area contributed by atoms with Crippen LogP contribution in [-0.4, -0.2) is 34.9 Å². The van der Waals surface area contributed by atoms with Crippen LogP contribution in [0.1, 0.15) is 23.0 Å². The summed E-state index contributed by atoms with van der Waals surface area (Å²) in [5.41, 5.74) is 2.31. The second-order valence-electron chi connectivity index (χ2n) is 5.62. The standard InChI is InChI=1S/C19H22N4O2/c1-2-20-9-10-21-19(24)15-6-5-7-17(12-15)25-14-16-13-23-11-4-3-8-18(23)22-16/h3-8,11-13,20H,2,9-10,14H2,1H3,(H,21,24). The lowest BCUT2D eigenvalue weighted by Gasteiger charge is -2.08. The first kappa shape index (κ1) is 17.0. The van der Waals surface area contributed by atoms with E-state index < -0.39 is 0 Å². The van der Waals surface area contributed by atoms with Gasteiger partial charge in [0.1, 0.15) is 18.0 Å². The fourth-order valence-electron chi connectivity index (χ4n) is 2.48. The SMILES string of the molecule is CCNCCNC(=O)c1cccc(OCc2cn3ccccc3n2)c1. The van der Waals surface area contributed by atoms with Gasteiger partial charge in [0.2, 0.25) is 0 Å². The van der Waals surface area contributed by atoms with Gasteiger partial charge in [0, 0.05) is 31.0 Å². The van der Waals surface area contributed by atoms with Crippen LogP contribution in [0.5, 0.6) is 5.75 Å². The average Bonchev–Trinajstić information content (AvgIpc) is 3.06. The Morgan fingerprint density at radius 3 is 2.96 bits per heavy atom. The van der Waals surface area contributed by atoms with Crippen molar-refractivity contribution in [1.82, 2.24) is 20.0 Å². The van der Waals surface area contributed by atoms with Gasteiger partial charge in [-0.05, 0) is 36.9 Å². The van der Waals surface area contributed by atoms with E-state index in [-0.39, 0.29) is 5.91 Å². The summed E-state index contributed by atoms with van der Waals surface area (Å²) in [6.07, 6.45) is 3.89. The molecular formula is C19H22N4O2. The van der Waals surface area contributed by atoms with Crippen LogP contribution in [0.4, 0.5) is 0 Å². The van der Waals surface area contributed by atoms with Crippen molar-refractivity contribution in [3.8, 4) is 5.75 Å². The highest BCUT2D eigenvalue weighted by atomic mass is 16.5. The molecule has 0 saturated carbocycles. The number of amides is 1. The number of pyridine rings is 1. The topological polar surface area (TPSA) is 67.7 Å². The number of likely N-dealkylation sites (N-methyl/N-ethyl adjacent to an activating group) is 1. The third kappa shape index (κ3) is 4.58. The molecule has 3 aromatic rings. The highest BCUT2D eigenvalue weighted by Crippen LogP contribution is 2.15. The van der Waals surface area contributed by atoms with Crippen LogP contribution in [0.3, 0.4) is 0 Å². The third-order valence-electron chi connectivity index (χ3n) is 3.73. The zero-order valence-electron chi connectivity index (χ0n) is 14.2. The van der Waals surface area contributed by atoms with Gasteiger partial charge < -0.3 is 19.8 Å². The molecule has 2 aromatic heterocycles. The number of benzene rings is 1. The summed E-state index contributed by atoms with van der Waals surface area (Å²) in [7, 11) is 0. The largest absolute Gasteiger partial charge is 0.487 e. The van der Waals surface area contributed by atoms with Crippen LogP contribution in [0.25, 0.3) is 5.65 Å². The Hall–Kier alpha value is -2.86. The first-order valence-corrected chi connectivity index (χ1v) is 8.40. The number of carbonyl (C=O) groups is 1. The summed E-state index contributed by atoms with van der Waals surface area (Å²) in [4.78, 5) is 16.6. The molecule has 1 aromatic carbocycles. The molecule has 130 valence electrons. The van der Waals surface area contributed by atoms with Crippen molar-refractivity contribution in [2.75, 3.05) is 19.6 Å². The van der Waals surface area contributed by atoms with E-state index in [9.17, 15) is 4.79 Å². The van der Waals surface area contributed by atoms with Crippen molar-refractivity contribution in [1.29, 1.82) is 0 Å². The minimum absolute atomic E-state index is 0.101. The van der Waals surface area contributed by atoms with Crippen LogP contribution in [0.2, 0.25) is 0 Å². The number of hydrogen-bond acceptors (Lipinski definition) is 4. The molecular weight excluding hydrogens is 316 g/mol. The Kier molecular flexibility index (Phi) is 5.64. The molecule has 0 fully saturated rings. The zero-order chi connectivity index (χ0) is 17.5. The molecule has 6 nitrogen and oxygen atoms in total. The van der Waals surface area contributed by atoms with Gasteiger partial charge in [-0.15, -0.1) is 0 Å². The molecule has 2 heterocycles. The number of ether oxygens (including phenoxy) is 1. The number of nitrogens with zero attached hydrogens (tertiary/aromatic N) is 2. The Morgan fingerprint density at radius 2 is 2.12 bits per heavy atom. The Balaban J connectivity index is 1.58. The molecule has 25 heavy (non-hydrogen) atoms. The van der Waals surface area contributed by atoms with Gasteiger partial charge in [0.05, 0.1) is 5.69 Å². The molecule has 0 unspecified atom stereocenters. The predicted molar refractivity (Wildman–Crippen MR) is 96.8 cm³/mol. The zero-order valence-corrected chi connectivity index (χ0v) is 14.2. The molecule has 3 rings (SSSR count). The first-order chi connectivity index (χ1) is 12.3. The highest BCUT2D eigenvalue weighted by Gasteiger charge is 2.07. The molecule has 6 heteroatoms. The van der Waals surface area contributed by atoms with Crippen molar-refractivity contribution < 1.29 is 9.53 Å². The van der Waals surface area contributed by atoms with E-state index in [2.05, 4.69) is 15.6 Å². The Bertz CT molecular complexity index is 811. The summed E-state index contributed by atoms with van der Waals surface area (Å²) in [6.45, 7) is 4.63. The van der Waals surface area contributed by atoms with Crippen LogP contribution >= 0.6 is 0 Å². The Morgan fingerprint density at radius 1 is 1.20 bits per heavy atom. The molecule has 1 amide bonds. The number of hydrogen-bond donors (Lipinski definition) is 2. The van der Waals surface area contributed by atoms with Crippen molar-refractivity contribution in [2.45, 2.75) is 13.5 Å². The summed E-state index contributed by atoms with van der Waals surface area (Å²) >= 11 is 0. The van der Waals surface area contributed by atoms with E-state index in [1.807, 2.05) is 54.0 Å². The van der Waals surface area contributed by atoms with Gasteiger partial charge in [0.15, 0.2) is 0 Å². The van der Waals surface area contributed by atoms with Crippen molar-refractivity contribution in [2.24, 2.45) is 0 Å². The van der Waals surface area contributed by atoms with E-state index >= 15 is 0 Å². The molecule has 0 radical (unpaired) electrons. The number of imidazole rings is 1. The first-order valence-electron chi connectivity index (χ1n) is 8.40. The number of nitrogens with one attached hydrogen (secondary N) is 2. The predicted octanol–water partition coefficient (Wildman–Crippen LogP) is 2.25. The van der Waals surface area contributed by atoms with E-state index in [1.165, 1.54) is 0 Å². The van der Waals surface area contributed by atoms with E-state index in [0.717, 1.165) is 24.4 Å². The highest BCUT2D eigenvalue weighted by molar-refractivity contribution is 5.94. The lowest BCUT2D eigenvalue weighted by atomic mass is 10.2. The second-order valence-corrected chi connectivity index (χ2v) is 5.62. The monoisotopic (exact) mass is 338 g/mol. The molecule has 0 aliphatic carbocycles. The minimum atomic E-state index is -0.101. The van der Waals surface area contributed by atoms with Gasteiger partial charge in [-0.1, -0.05) is 19.1 Å². The minimum Gasteiger partial charge on any atom is -0.487 e. The van der Waals surface area contributed by atoms with Crippen LogP contribution < -0.4 is 15.4 Å². The maximum atomic E-state index is 12.1. The molecule has 0 saturated heterocycles. The van der Waals surface area contributed by atoms with Gasteiger partial charge in [-0.2, -0.15) is 0 Å². The van der Waals surface area contributed by atoms with Crippen LogP contribution in [0, 0.1) is 0 Å². The maximum Gasteiger partial charge on any atom is 0.251 e. The van der Waals surface area contributed by atoms with E-state index in [0.29, 0.717) is 24.5 Å². The molecule has 0 aliphatic rings. The molecule has 2 N–H and O–H groups in total. The summed E-state index contributed by atoms with van der Waals surface area (Å²) in [5, 5.41) is 6.05. The van der Waals surface area contributed by atoms with Crippen molar-refractivity contribution >= 4 is 11.6 Å². The van der Waals surface area contributed by atoms with Gasteiger partial charge in [-0.25, -0.2) is 4.98 Å².